The van der Waals surface area contributed by atoms with E-state index in [-0.39, 0.29) is 0 Å². The summed E-state index contributed by atoms with van der Waals surface area (Å²) in [6.07, 6.45) is 0. The number of aromatic nitrogens is 1. The molecule has 0 N–H and O–H groups in total. The van der Waals surface area contributed by atoms with Crippen LogP contribution in [0.4, 0.5) is 17.1 Å². The maximum Gasteiger partial charge on any atom is 0.145 e. The van der Waals surface area contributed by atoms with Gasteiger partial charge in [-0.1, -0.05) is 176 Å². The van der Waals surface area contributed by atoms with Crippen LogP contribution in [0.5, 0.6) is 0 Å². The fraction of sp³-hybridized carbons (Fsp3) is 0. The van der Waals surface area contributed by atoms with Gasteiger partial charge in [0.25, 0.3) is 0 Å². The summed E-state index contributed by atoms with van der Waals surface area (Å²) in [5.41, 5.74) is 17.7. The predicted octanol–water partition coefficient (Wildman–Crippen LogP) is 16.8. The molecule has 2 heterocycles. The number of para-hydroxylation sites is 3. The topological polar surface area (TPSA) is 21.3 Å². The predicted molar refractivity (Wildman–Crippen MR) is 264 cm³/mol. The fourth-order valence-corrected chi connectivity index (χ4v) is 9.44. The van der Waals surface area contributed by atoms with Gasteiger partial charge in [-0.2, -0.15) is 0 Å². The molecule has 0 fully saturated rings. The lowest BCUT2D eigenvalue weighted by Crippen LogP contribution is -2.11. The van der Waals surface area contributed by atoms with Crippen LogP contribution in [0, 0.1) is 0 Å². The number of rotatable bonds is 8. The molecular formula is C60H40N2O. The Balaban J connectivity index is 1.08. The highest BCUT2D eigenvalue weighted by Crippen LogP contribution is 2.47. The Morgan fingerprint density at radius 2 is 0.841 bits per heavy atom. The lowest BCUT2D eigenvalue weighted by Gasteiger charge is -2.29. The Labute approximate surface area is 366 Å². The minimum atomic E-state index is 0.888. The summed E-state index contributed by atoms with van der Waals surface area (Å²) in [4.78, 5) is 2.40. The van der Waals surface area contributed by atoms with E-state index in [1.165, 1.54) is 22.3 Å². The second-order valence-electron chi connectivity index (χ2n) is 16.1. The number of fused-ring (bicyclic) bond motifs is 7. The van der Waals surface area contributed by atoms with Crippen molar-refractivity contribution in [1.82, 2.24) is 4.57 Å². The van der Waals surface area contributed by atoms with Crippen LogP contribution in [0.1, 0.15) is 0 Å². The van der Waals surface area contributed by atoms with Crippen molar-refractivity contribution in [1.29, 1.82) is 0 Å². The van der Waals surface area contributed by atoms with E-state index in [1.807, 2.05) is 6.07 Å². The van der Waals surface area contributed by atoms with Gasteiger partial charge in [0.15, 0.2) is 0 Å². The molecule has 0 aliphatic carbocycles. The van der Waals surface area contributed by atoms with Crippen LogP contribution in [0.25, 0.3) is 93.9 Å². The molecule has 296 valence electrons. The molecule has 0 spiro atoms. The molecule has 0 amide bonds. The summed E-state index contributed by atoms with van der Waals surface area (Å²) in [6.45, 7) is 0. The highest BCUT2D eigenvalue weighted by molar-refractivity contribution is 6.27. The van der Waals surface area contributed by atoms with E-state index in [1.54, 1.807) is 0 Å². The number of anilines is 3. The molecule has 0 aliphatic rings. The largest absolute Gasteiger partial charge is 0.455 e. The summed E-state index contributed by atoms with van der Waals surface area (Å²) in [5.74, 6) is 0. The highest BCUT2D eigenvalue weighted by Gasteiger charge is 2.24. The van der Waals surface area contributed by atoms with Gasteiger partial charge < -0.3 is 13.9 Å². The summed E-state index contributed by atoms with van der Waals surface area (Å²) < 4.78 is 9.17. The van der Waals surface area contributed by atoms with E-state index in [9.17, 15) is 0 Å². The van der Waals surface area contributed by atoms with E-state index in [0.29, 0.717) is 0 Å². The first-order valence-corrected chi connectivity index (χ1v) is 21.5. The second-order valence-corrected chi connectivity index (χ2v) is 16.1. The zero-order valence-corrected chi connectivity index (χ0v) is 34.4. The molecule has 12 rings (SSSR count). The molecule has 3 heteroatoms. The number of hydrogen-bond donors (Lipinski definition) is 0. The summed E-state index contributed by atoms with van der Waals surface area (Å²) in [7, 11) is 0. The van der Waals surface area contributed by atoms with Crippen molar-refractivity contribution in [3.05, 3.63) is 243 Å². The van der Waals surface area contributed by atoms with Gasteiger partial charge in [0.1, 0.15) is 11.2 Å². The van der Waals surface area contributed by atoms with Crippen molar-refractivity contribution in [3.63, 3.8) is 0 Å². The van der Waals surface area contributed by atoms with Crippen molar-refractivity contribution in [2.45, 2.75) is 0 Å². The van der Waals surface area contributed by atoms with Crippen molar-refractivity contribution >= 4 is 60.8 Å². The second kappa shape index (κ2) is 15.3. The van der Waals surface area contributed by atoms with Crippen LogP contribution >= 0.6 is 0 Å². The zero-order valence-electron chi connectivity index (χ0n) is 34.4. The van der Waals surface area contributed by atoms with Crippen LogP contribution in [0.15, 0.2) is 247 Å². The Hall–Kier alpha value is -8.40. The summed E-state index contributed by atoms with van der Waals surface area (Å²) in [5, 5.41) is 4.50. The highest BCUT2D eigenvalue weighted by atomic mass is 16.3. The smallest absolute Gasteiger partial charge is 0.145 e. The normalized spacial score (nSPS) is 11.5. The minimum absolute atomic E-state index is 0.888. The molecule has 0 saturated heterocycles. The molecular weight excluding hydrogens is 765 g/mol. The molecule has 0 unspecified atom stereocenters. The summed E-state index contributed by atoms with van der Waals surface area (Å²) >= 11 is 0. The zero-order chi connectivity index (χ0) is 41.7. The van der Waals surface area contributed by atoms with E-state index in [4.69, 9.17) is 4.42 Å². The van der Waals surface area contributed by atoms with E-state index >= 15 is 0 Å². The van der Waals surface area contributed by atoms with E-state index in [0.717, 1.165) is 88.7 Å². The van der Waals surface area contributed by atoms with Gasteiger partial charge in [-0.15, -0.1) is 0 Å². The average molecular weight is 805 g/mol. The quantitative estimate of drug-likeness (QED) is 0.153. The lowest BCUT2D eigenvalue weighted by molar-refractivity contribution is 0.673. The first-order valence-electron chi connectivity index (χ1n) is 21.5. The Kier molecular flexibility index (Phi) is 8.83. The number of furan rings is 1. The third-order valence-electron chi connectivity index (χ3n) is 12.4. The molecule has 0 aliphatic heterocycles. The van der Waals surface area contributed by atoms with Crippen LogP contribution in [-0.2, 0) is 0 Å². The van der Waals surface area contributed by atoms with Crippen LogP contribution < -0.4 is 4.90 Å². The van der Waals surface area contributed by atoms with Crippen molar-refractivity contribution in [2.24, 2.45) is 0 Å². The lowest BCUT2D eigenvalue weighted by atomic mass is 9.95. The van der Waals surface area contributed by atoms with Gasteiger partial charge >= 0.3 is 0 Å². The van der Waals surface area contributed by atoms with Gasteiger partial charge in [0.05, 0.1) is 22.1 Å². The van der Waals surface area contributed by atoms with Crippen molar-refractivity contribution in [2.75, 3.05) is 4.90 Å². The van der Waals surface area contributed by atoms with Crippen molar-refractivity contribution < 1.29 is 4.42 Å². The van der Waals surface area contributed by atoms with Gasteiger partial charge in [0, 0.05) is 44.3 Å². The molecule has 0 radical (unpaired) electrons. The maximum absolute atomic E-state index is 6.76. The van der Waals surface area contributed by atoms with Crippen LogP contribution in [0.3, 0.4) is 0 Å². The molecule has 0 bridgehead atoms. The van der Waals surface area contributed by atoms with Gasteiger partial charge in [-0.05, 0) is 100 Å². The fourth-order valence-electron chi connectivity index (χ4n) is 9.44. The van der Waals surface area contributed by atoms with Crippen molar-refractivity contribution in [3.8, 4) is 50.2 Å². The third-order valence-corrected chi connectivity index (χ3v) is 12.4. The monoisotopic (exact) mass is 804 g/mol. The molecule has 0 atom stereocenters. The number of hydrogen-bond acceptors (Lipinski definition) is 2. The Morgan fingerprint density at radius 3 is 1.51 bits per heavy atom. The number of benzene rings is 10. The Bertz CT molecular complexity index is 3570. The first-order chi connectivity index (χ1) is 31.3. The average Bonchev–Trinajstić information content (AvgIpc) is 3.92. The van der Waals surface area contributed by atoms with Gasteiger partial charge in [-0.3, -0.25) is 0 Å². The number of nitrogens with zero attached hydrogens (tertiary/aromatic N) is 2. The van der Waals surface area contributed by atoms with Gasteiger partial charge in [-0.25, -0.2) is 0 Å². The maximum atomic E-state index is 6.76. The first kappa shape index (κ1) is 36.5. The van der Waals surface area contributed by atoms with Crippen LogP contribution in [-0.4, -0.2) is 4.57 Å². The van der Waals surface area contributed by atoms with Gasteiger partial charge in [0.2, 0.25) is 0 Å². The third kappa shape index (κ3) is 6.29. The van der Waals surface area contributed by atoms with E-state index < -0.39 is 0 Å². The van der Waals surface area contributed by atoms with E-state index in [2.05, 4.69) is 246 Å². The molecule has 2 aromatic heterocycles. The minimum Gasteiger partial charge on any atom is -0.455 e. The molecule has 12 aromatic rings. The standard InChI is InChI=1S/C60H40N2O/c1-5-17-41(18-6-1)43-29-34-48(35-30-43)61(56-38-33-46(42-19-7-2-8-20-42)39-52(56)44-21-9-3-10-22-44)49-36-31-45(32-37-49)53-40-54-50-25-14-16-28-57(50)63-60(54)58-51-26-13-15-27-55(51)62(59(53)58)47-23-11-4-12-24-47/h1-40H. The molecule has 63 heavy (non-hydrogen) atoms. The summed E-state index contributed by atoms with van der Waals surface area (Å²) in [6, 6.07) is 87.0. The molecule has 3 nitrogen and oxygen atoms in total. The molecule has 10 aromatic carbocycles. The van der Waals surface area contributed by atoms with Crippen LogP contribution in [0.2, 0.25) is 0 Å². The molecule has 0 saturated carbocycles. The Morgan fingerprint density at radius 1 is 0.349 bits per heavy atom. The SMILES string of the molecule is c1ccc(-c2ccc(N(c3ccc(-c4cc5c6ccccc6oc5c5c6ccccc6n(-c6ccccc6)c45)cc3)c3ccc(-c4ccccc4)cc3-c3ccccc3)cc2)cc1.